The van der Waals surface area contributed by atoms with Crippen LogP contribution in [0.15, 0.2) is 12.2 Å². The first-order valence-corrected chi connectivity index (χ1v) is 11.8. The average Bonchev–Trinajstić information content (AvgIpc) is 3.32. The molecule has 174 valence electrons. The zero-order valence-electron chi connectivity index (χ0n) is 19.5. The second-order valence-electron chi connectivity index (χ2n) is 9.82. The van der Waals surface area contributed by atoms with Crippen molar-refractivity contribution in [2.45, 2.75) is 78.6 Å². The maximum atomic E-state index is 12.4. The van der Waals surface area contributed by atoms with Gasteiger partial charge in [0.15, 0.2) is 0 Å². The van der Waals surface area contributed by atoms with Crippen molar-refractivity contribution >= 4 is 23.6 Å². The second-order valence-corrected chi connectivity index (χ2v) is 9.82. The first-order chi connectivity index (χ1) is 14.7. The Kier molecular flexibility index (Phi) is 9.72. The lowest BCUT2D eigenvalue weighted by atomic mass is 9.80. The molecule has 0 aromatic rings. The van der Waals surface area contributed by atoms with E-state index >= 15 is 0 Å². The molecule has 2 heterocycles. The highest BCUT2D eigenvalue weighted by molar-refractivity contribution is 6.12. The van der Waals surface area contributed by atoms with Crippen LogP contribution in [-0.2, 0) is 19.2 Å². The molecule has 2 aliphatic heterocycles. The summed E-state index contributed by atoms with van der Waals surface area (Å²) >= 11 is 0. The summed E-state index contributed by atoms with van der Waals surface area (Å²) in [5, 5.41) is 2.93. The molecule has 0 spiro atoms. The summed E-state index contributed by atoms with van der Waals surface area (Å²) < 4.78 is 0. The van der Waals surface area contributed by atoms with Gasteiger partial charge in [-0.3, -0.25) is 24.1 Å². The Balaban J connectivity index is 1.42. The fraction of sp³-hybridized carbons (Fsp3) is 0.750. The molecule has 2 rings (SSSR count). The van der Waals surface area contributed by atoms with Crippen LogP contribution < -0.4 is 5.32 Å². The van der Waals surface area contributed by atoms with Crippen molar-refractivity contribution in [2.24, 2.45) is 11.3 Å². The van der Waals surface area contributed by atoms with Gasteiger partial charge in [-0.25, -0.2) is 0 Å². The van der Waals surface area contributed by atoms with Crippen LogP contribution in [0, 0.1) is 11.3 Å². The summed E-state index contributed by atoms with van der Waals surface area (Å²) in [6, 6.07) is 0. The normalized spacial score (nSPS) is 18.9. The van der Waals surface area contributed by atoms with Crippen molar-refractivity contribution < 1.29 is 19.2 Å². The number of carbonyl (C=O) groups excluding carboxylic acids is 4. The van der Waals surface area contributed by atoms with Crippen LogP contribution in [0.4, 0.5) is 0 Å². The average molecular weight is 434 g/mol. The molecule has 0 bridgehead atoms. The number of nitrogens with one attached hydrogen (secondary N) is 1. The molecule has 1 N–H and O–H groups in total. The molecule has 0 aromatic carbocycles. The van der Waals surface area contributed by atoms with Gasteiger partial charge in [0, 0.05) is 51.2 Å². The Hall–Kier alpha value is -2.18. The van der Waals surface area contributed by atoms with Crippen LogP contribution in [0.1, 0.15) is 78.6 Å². The molecular formula is C24H39N3O4. The van der Waals surface area contributed by atoms with Crippen LogP contribution >= 0.6 is 0 Å². The molecule has 1 fully saturated rings. The van der Waals surface area contributed by atoms with Gasteiger partial charge in [-0.05, 0) is 43.4 Å². The third-order valence-electron chi connectivity index (χ3n) is 6.34. The van der Waals surface area contributed by atoms with Crippen LogP contribution in [0.5, 0.6) is 0 Å². The number of rotatable bonds is 12. The Morgan fingerprint density at radius 1 is 0.968 bits per heavy atom. The topological polar surface area (TPSA) is 86.8 Å². The number of amides is 4. The number of hydrogen-bond acceptors (Lipinski definition) is 4. The van der Waals surface area contributed by atoms with Crippen LogP contribution in [0.3, 0.4) is 0 Å². The summed E-state index contributed by atoms with van der Waals surface area (Å²) in [5.74, 6) is 0.395. The van der Waals surface area contributed by atoms with Gasteiger partial charge in [0.1, 0.15) is 0 Å². The fourth-order valence-electron chi connectivity index (χ4n) is 4.13. The maximum absolute atomic E-state index is 12.4. The van der Waals surface area contributed by atoms with E-state index < -0.39 is 0 Å². The lowest BCUT2D eigenvalue weighted by Crippen LogP contribution is -2.31. The first kappa shape index (κ1) is 25.1. The van der Waals surface area contributed by atoms with E-state index in [0.717, 1.165) is 51.6 Å². The van der Waals surface area contributed by atoms with E-state index in [1.54, 1.807) is 0 Å². The Labute approximate surface area is 186 Å². The van der Waals surface area contributed by atoms with Crippen molar-refractivity contribution in [1.82, 2.24) is 15.1 Å². The van der Waals surface area contributed by atoms with Crippen LogP contribution in [0.2, 0.25) is 0 Å². The van der Waals surface area contributed by atoms with E-state index in [1.807, 2.05) is 4.90 Å². The van der Waals surface area contributed by atoms with Gasteiger partial charge in [-0.1, -0.05) is 33.6 Å². The van der Waals surface area contributed by atoms with Gasteiger partial charge in [0.05, 0.1) is 0 Å². The van der Waals surface area contributed by atoms with Gasteiger partial charge in [-0.2, -0.15) is 0 Å². The Morgan fingerprint density at radius 3 is 2.26 bits per heavy atom. The Morgan fingerprint density at radius 2 is 1.61 bits per heavy atom. The highest BCUT2D eigenvalue weighted by atomic mass is 16.2. The number of likely N-dealkylation sites (tertiary alicyclic amines) is 1. The number of unbranched alkanes of at least 4 members (excludes halogenated alkanes) is 4. The molecule has 1 saturated heterocycles. The summed E-state index contributed by atoms with van der Waals surface area (Å²) in [7, 11) is 0. The van der Waals surface area contributed by atoms with Crippen molar-refractivity contribution in [3.8, 4) is 0 Å². The van der Waals surface area contributed by atoms with Gasteiger partial charge in [0.25, 0.3) is 11.8 Å². The molecule has 7 nitrogen and oxygen atoms in total. The predicted molar refractivity (Wildman–Crippen MR) is 120 cm³/mol. The number of carbonyl (C=O) groups is 4. The maximum Gasteiger partial charge on any atom is 0.253 e. The van der Waals surface area contributed by atoms with Crippen LogP contribution in [0.25, 0.3) is 0 Å². The Bertz CT molecular complexity index is 663. The first-order valence-electron chi connectivity index (χ1n) is 11.8. The predicted octanol–water partition coefficient (Wildman–Crippen LogP) is 3.04. The minimum Gasteiger partial charge on any atom is -0.356 e. The third-order valence-corrected chi connectivity index (χ3v) is 6.34. The van der Waals surface area contributed by atoms with Crippen molar-refractivity contribution in [2.75, 3.05) is 26.2 Å². The van der Waals surface area contributed by atoms with Crippen molar-refractivity contribution in [3.63, 3.8) is 0 Å². The van der Waals surface area contributed by atoms with E-state index in [2.05, 4.69) is 26.1 Å². The zero-order valence-corrected chi connectivity index (χ0v) is 19.5. The number of hydrogen-bond donors (Lipinski definition) is 1. The van der Waals surface area contributed by atoms with Crippen molar-refractivity contribution in [3.05, 3.63) is 12.2 Å². The lowest BCUT2D eigenvalue weighted by Gasteiger charge is -2.27. The molecule has 0 aliphatic carbocycles. The molecule has 4 amide bonds. The molecule has 1 atom stereocenters. The third kappa shape index (κ3) is 8.46. The van der Waals surface area contributed by atoms with Gasteiger partial charge in [-0.15, -0.1) is 0 Å². The van der Waals surface area contributed by atoms with Gasteiger partial charge in [0.2, 0.25) is 11.8 Å². The second kappa shape index (κ2) is 12.0. The molecule has 1 unspecified atom stereocenters. The largest absolute Gasteiger partial charge is 0.356 e. The van der Waals surface area contributed by atoms with Crippen LogP contribution in [-0.4, -0.2) is 59.6 Å². The summed E-state index contributed by atoms with van der Waals surface area (Å²) in [6.45, 7) is 9.58. The standard InChI is InChI=1S/C24H39N3O4/c1-24(2,3)19-14-17-26(18-19)21(29)11-7-4-8-15-25-20(28)10-6-5-9-16-27-22(30)12-13-23(27)31/h12-13,19H,4-11,14-18H2,1-3H3,(H,25,28). The van der Waals surface area contributed by atoms with Gasteiger partial charge >= 0.3 is 0 Å². The molecule has 0 saturated carbocycles. The highest BCUT2D eigenvalue weighted by Gasteiger charge is 2.33. The highest BCUT2D eigenvalue weighted by Crippen LogP contribution is 2.33. The monoisotopic (exact) mass is 433 g/mol. The SMILES string of the molecule is CC(C)(C)C1CCN(C(=O)CCCCCNC(=O)CCCCCN2C(=O)C=CC2=O)C1. The number of nitrogens with zero attached hydrogens (tertiary/aromatic N) is 2. The lowest BCUT2D eigenvalue weighted by molar-refractivity contribution is -0.137. The summed E-state index contributed by atoms with van der Waals surface area (Å²) in [5.41, 5.74) is 0.261. The summed E-state index contributed by atoms with van der Waals surface area (Å²) in [6.07, 6.45) is 9.71. The molecule has 0 radical (unpaired) electrons. The minimum absolute atomic E-state index is 0.0383. The van der Waals surface area contributed by atoms with Gasteiger partial charge < -0.3 is 10.2 Å². The summed E-state index contributed by atoms with van der Waals surface area (Å²) in [4.78, 5) is 50.4. The smallest absolute Gasteiger partial charge is 0.253 e. The van der Waals surface area contributed by atoms with E-state index in [-0.39, 0.29) is 29.0 Å². The zero-order chi connectivity index (χ0) is 22.9. The van der Waals surface area contributed by atoms with E-state index in [4.69, 9.17) is 0 Å². The van der Waals surface area contributed by atoms with E-state index in [0.29, 0.717) is 38.3 Å². The molecule has 7 heteroatoms. The quantitative estimate of drug-likeness (QED) is 0.379. The number of imide groups is 1. The molecule has 2 aliphatic rings. The van der Waals surface area contributed by atoms with E-state index in [9.17, 15) is 19.2 Å². The molecule has 0 aromatic heterocycles. The van der Waals surface area contributed by atoms with E-state index in [1.165, 1.54) is 17.1 Å². The van der Waals surface area contributed by atoms with Crippen molar-refractivity contribution in [1.29, 1.82) is 0 Å². The fourth-order valence-corrected chi connectivity index (χ4v) is 4.13. The minimum atomic E-state index is -0.251. The molecule has 31 heavy (non-hydrogen) atoms. The molecular weight excluding hydrogens is 394 g/mol.